The number of ether oxygens (including phenoxy) is 1. The van der Waals surface area contributed by atoms with Crippen LogP contribution in [0.15, 0.2) is 77.8 Å². The van der Waals surface area contributed by atoms with Crippen LogP contribution in [-0.4, -0.2) is 64.1 Å². The highest BCUT2D eigenvalue weighted by Crippen LogP contribution is 2.29. The van der Waals surface area contributed by atoms with E-state index in [0.717, 1.165) is 43.4 Å². The Bertz CT molecular complexity index is 1890. The van der Waals surface area contributed by atoms with Crippen LogP contribution >= 0.6 is 0 Å². The van der Waals surface area contributed by atoms with Gasteiger partial charge in [0.2, 0.25) is 0 Å². The summed E-state index contributed by atoms with van der Waals surface area (Å²) in [6, 6.07) is 21.7. The molecular weight excluding hydrogens is 568 g/mol. The molecule has 3 N–H and O–H groups in total. The van der Waals surface area contributed by atoms with Gasteiger partial charge in [-0.15, -0.1) is 0 Å². The van der Waals surface area contributed by atoms with Crippen molar-refractivity contribution in [1.82, 2.24) is 14.8 Å². The Morgan fingerprint density at radius 1 is 0.978 bits per heavy atom. The molecule has 45 heavy (non-hydrogen) atoms. The summed E-state index contributed by atoms with van der Waals surface area (Å²) in [4.78, 5) is 36.3. The fourth-order valence-corrected chi connectivity index (χ4v) is 5.42. The Morgan fingerprint density at radius 3 is 2.36 bits per heavy atom. The number of morpholine rings is 1. The first-order valence-electron chi connectivity index (χ1n) is 14.9. The summed E-state index contributed by atoms with van der Waals surface area (Å²) in [6.45, 7) is 11.0. The minimum atomic E-state index is -0.352. The molecule has 5 aromatic rings. The van der Waals surface area contributed by atoms with Crippen molar-refractivity contribution < 1.29 is 19.4 Å². The quantitative estimate of drug-likeness (QED) is 0.150. The Labute approximate surface area is 261 Å². The molecule has 0 unspecified atom stereocenters. The number of aromatic nitrogens is 3. The number of aromatic amines is 1. The zero-order chi connectivity index (χ0) is 31.7. The van der Waals surface area contributed by atoms with E-state index in [4.69, 9.17) is 4.74 Å². The lowest BCUT2D eigenvalue weighted by Gasteiger charge is -2.28. The number of nitrogens with one attached hydrogen (secondary N) is 2. The lowest BCUT2D eigenvalue weighted by molar-refractivity contribution is 0.100. The van der Waals surface area contributed by atoms with Gasteiger partial charge in [-0.05, 0) is 100 Å². The third kappa shape index (κ3) is 6.37. The zero-order valence-corrected chi connectivity index (χ0v) is 25.8. The van der Waals surface area contributed by atoms with Gasteiger partial charge in [-0.25, -0.2) is 0 Å². The second kappa shape index (κ2) is 12.0. The molecule has 0 aliphatic carbocycles. The Hall–Kier alpha value is -5.22. The molecule has 1 fully saturated rings. The van der Waals surface area contributed by atoms with Crippen LogP contribution in [-0.2, 0) is 10.3 Å². The average molecular weight is 605 g/mol. The predicted molar refractivity (Wildman–Crippen MR) is 176 cm³/mol. The van der Waals surface area contributed by atoms with Crippen LogP contribution in [0.2, 0.25) is 0 Å². The van der Waals surface area contributed by atoms with Crippen molar-refractivity contribution in [3.63, 3.8) is 0 Å². The summed E-state index contributed by atoms with van der Waals surface area (Å²) in [6.07, 6.45) is 1.61. The molecule has 1 aliphatic rings. The van der Waals surface area contributed by atoms with Crippen molar-refractivity contribution in [3.8, 4) is 5.88 Å². The zero-order valence-electron chi connectivity index (χ0n) is 25.8. The summed E-state index contributed by atoms with van der Waals surface area (Å²) in [7, 11) is 0. The Kier molecular flexibility index (Phi) is 7.99. The summed E-state index contributed by atoms with van der Waals surface area (Å²) < 4.78 is 7.15. The number of aromatic hydroxyl groups is 1. The van der Waals surface area contributed by atoms with Crippen LogP contribution in [0, 0.1) is 6.92 Å². The van der Waals surface area contributed by atoms with Gasteiger partial charge in [0.05, 0.1) is 35.7 Å². The van der Waals surface area contributed by atoms with Crippen LogP contribution in [0.5, 0.6) is 5.88 Å². The lowest BCUT2D eigenvalue weighted by Crippen LogP contribution is -2.36. The van der Waals surface area contributed by atoms with Gasteiger partial charge >= 0.3 is 0 Å². The predicted octanol–water partition coefficient (Wildman–Crippen LogP) is 6.20. The molecule has 230 valence electrons. The number of aliphatic imine (C=N–C) groups is 1. The van der Waals surface area contributed by atoms with Crippen molar-refractivity contribution in [1.29, 1.82) is 0 Å². The molecule has 1 aliphatic heterocycles. The second-order valence-electron chi connectivity index (χ2n) is 12.1. The number of benzene rings is 3. The van der Waals surface area contributed by atoms with Gasteiger partial charge < -0.3 is 25.0 Å². The fraction of sp³-hybridized carbons (Fsp3) is 0.257. The molecule has 1 amide bonds. The van der Waals surface area contributed by atoms with Gasteiger partial charge in [-0.1, -0.05) is 0 Å². The van der Waals surface area contributed by atoms with E-state index < -0.39 is 0 Å². The Morgan fingerprint density at radius 2 is 1.67 bits per heavy atom. The number of aryl methyl sites for hydroxylation is 1. The first-order valence-corrected chi connectivity index (χ1v) is 14.9. The number of fused-ring (bicyclic) bond motifs is 1. The van der Waals surface area contributed by atoms with E-state index in [0.29, 0.717) is 39.0 Å². The summed E-state index contributed by atoms with van der Waals surface area (Å²) in [5, 5.41) is 18.7. The number of hydrogen-bond donors (Lipinski definition) is 3. The van der Waals surface area contributed by atoms with Gasteiger partial charge in [-0.2, -0.15) is 5.10 Å². The smallest absolute Gasteiger partial charge is 0.273 e. The van der Waals surface area contributed by atoms with Crippen LogP contribution in [0.25, 0.3) is 10.9 Å². The SMILES string of the molecule is Cc1cc(C(=O)Nc2ccc(C(=O)c3ccc4[nH]c(O)c(C=Nc5ccc(N6CCOCC6)cc5)c4c3)cc2)n(C(C)(C)C)n1. The second-order valence-corrected chi connectivity index (χ2v) is 12.1. The van der Waals surface area contributed by atoms with Crippen molar-refractivity contribution in [3.05, 3.63) is 101 Å². The van der Waals surface area contributed by atoms with Gasteiger partial charge in [0.15, 0.2) is 11.7 Å². The van der Waals surface area contributed by atoms with Gasteiger partial charge in [-0.3, -0.25) is 19.3 Å². The largest absolute Gasteiger partial charge is 0.494 e. The number of amides is 1. The average Bonchev–Trinajstić information content (AvgIpc) is 3.59. The molecule has 2 aromatic heterocycles. The van der Waals surface area contributed by atoms with E-state index in [9.17, 15) is 14.7 Å². The maximum atomic E-state index is 13.4. The number of nitrogens with zero attached hydrogens (tertiary/aromatic N) is 4. The number of ketones is 1. The van der Waals surface area contributed by atoms with E-state index in [1.54, 1.807) is 59.4 Å². The van der Waals surface area contributed by atoms with Gasteiger partial charge in [0.1, 0.15) is 5.69 Å². The third-order valence-corrected chi connectivity index (χ3v) is 7.75. The number of carbonyl (C=O) groups is 2. The van der Waals surface area contributed by atoms with Crippen LogP contribution < -0.4 is 10.2 Å². The topological polar surface area (TPSA) is 125 Å². The molecule has 0 atom stereocenters. The number of H-pyrrole nitrogens is 1. The monoisotopic (exact) mass is 604 g/mol. The maximum absolute atomic E-state index is 13.4. The van der Waals surface area contributed by atoms with Crippen molar-refractivity contribution in [2.24, 2.45) is 4.99 Å². The highest BCUT2D eigenvalue weighted by molar-refractivity contribution is 6.13. The number of carbonyl (C=O) groups excluding carboxylic acids is 2. The van der Waals surface area contributed by atoms with E-state index in [1.807, 2.05) is 52.0 Å². The third-order valence-electron chi connectivity index (χ3n) is 7.75. The summed E-state index contributed by atoms with van der Waals surface area (Å²) in [5.41, 5.74) is 5.44. The number of anilines is 2. The van der Waals surface area contributed by atoms with E-state index in [2.05, 4.69) is 25.3 Å². The molecular formula is C35H36N6O4. The number of hydrogen-bond acceptors (Lipinski definition) is 7. The molecule has 3 heterocycles. The first kappa shape index (κ1) is 29.8. The molecule has 1 saturated heterocycles. The van der Waals surface area contributed by atoms with Crippen molar-refractivity contribution in [2.45, 2.75) is 33.2 Å². The maximum Gasteiger partial charge on any atom is 0.273 e. The molecule has 0 spiro atoms. The minimum absolute atomic E-state index is 0.0219. The minimum Gasteiger partial charge on any atom is -0.494 e. The molecule has 6 rings (SSSR count). The van der Waals surface area contributed by atoms with Crippen molar-refractivity contribution in [2.75, 3.05) is 36.5 Å². The molecule has 3 aromatic carbocycles. The van der Waals surface area contributed by atoms with Crippen molar-refractivity contribution >= 4 is 45.9 Å². The molecule has 0 bridgehead atoms. The normalized spacial score (nSPS) is 13.9. The fourth-order valence-electron chi connectivity index (χ4n) is 5.42. The lowest BCUT2D eigenvalue weighted by atomic mass is 10.0. The number of rotatable bonds is 7. The van der Waals surface area contributed by atoms with Gasteiger partial charge in [0, 0.05) is 52.7 Å². The van der Waals surface area contributed by atoms with Crippen LogP contribution in [0.1, 0.15) is 58.4 Å². The Balaban J connectivity index is 1.18. The highest BCUT2D eigenvalue weighted by Gasteiger charge is 2.23. The standard InChI is InChI=1S/C35H36N6O4/c1-22-19-31(41(39-22)35(2,3)4)34(44)37-26-8-5-23(6-9-26)32(42)24-7-14-30-28(20-24)29(33(43)38-30)21-36-25-10-12-27(13-11-25)40-15-17-45-18-16-40/h5-14,19-21,38,43H,15-18H2,1-4H3,(H,37,44). The van der Waals surface area contributed by atoms with Gasteiger partial charge in [0.25, 0.3) is 5.91 Å². The molecule has 10 heteroatoms. The van der Waals surface area contributed by atoms with Crippen LogP contribution in [0.3, 0.4) is 0 Å². The molecule has 0 saturated carbocycles. The van der Waals surface area contributed by atoms with E-state index >= 15 is 0 Å². The van der Waals surface area contributed by atoms with E-state index in [1.165, 1.54) is 0 Å². The van der Waals surface area contributed by atoms with Crippen LogP contribution in [0.4, 0.5) is 17.1 Å². The summed E-state index contributed by atoms with van der Waals surface area (Å²) in [5.74, 6) is -0.477. The van der Waals surface area contributed by atoms with E-state index in [-0.39, 0.29) is 23.1 Å². The summed E-state index contributed by atoms with van der Waals surface area (Å²) >= 11 is 0. The first-order chi connectivity index (χ1) is 21.6. The highest BCUT2D eigenvalue weighted by atomic mass is 16.5. The molecule has 0 radical (unpaired) electrons. The molecule has 10 nitrogen and oxygen atoms in total.